The first-order valence-electron chi connectivity index (χ1n) is 7.54. The van der Waals surface area contributed by atoms with Crippen molar-refractivity contribution in [1.82, 2.24) is 15.0 Å². The van der Waals surface area contributed by atoms with Crippen LogP contribution in [0.1, 0.15) is 17.7 Å². The fourth-order valence-electron chi connectivity index (χ4n) is 2.33. The van der Waals surface area contributed by atoms with Gasteiger partial charge < -0.3 is 14.3 Å². The highest BCUT2D eigenvalue weighted by molar-refractivity contribution is 5.54. The van der Waals surface area contributed by atoms with E-state index in [1.807, 2.05) is 37.3 Å². The summed E-state index contributed by atoms with van der Waals surface area (Å²) in [4.78, 5) is 0. The van der Waals surface area contributed by atoms with E-state index in [9.17, 15) is 5.11 Å². The summed E-state index contributed by atoms with van der Waals surface area (Å²) < 4.78 is 12.9. The van der Waals surface area contributed by atoms with Gasteiger partial charge in [0.1, 0.15) is 17.1 Å². The predicted octanol–water partition coefficient (Wildman–Crippen LogP) is 2.81. The highest BCUT2D eigenvalue weighted by Gasteiger charge is 2.16. The zero-order valence-corrected chi connectivity index (χ0v) is 13.0. The Hall–Kier alpha value is -2.60. The van der Waals surface area contributed by atoms with Crippen molar-refractivity contribution in [2.75, 3.05) is 6.61 Å². The molecule has 6 nitrogen and oxygen atoms in total. The van der Waals surface area contributed by atoms with Gasteiger partial charge in [0.15, 0.2) is 5.76 Å². The third-order valence-electron chi connectivity index (χ3n) is 3.51. The lowest BCUT2D eigenvalue weighted by Gasteiger charge is -2.08. The molecule has 23 heavy (non-hydrogen) atoms. The Morgan fingerprint density at radius 3 is 2.74 bits per heavy atom. The fraction of sp³-hybridized carbons (Fsp3) is 0.294. The van der Waals surface area contributed by atoms with Gasteiger partial charge in [-0.1, -0.05) is 22.9 Å². The third kappa shape index (κ3) is 3.60. The minimum absolute atomic E-state index is 0.171. The molecule has 3 rings (SSSR count). The number of aryl methyl sites for hydroxylation is 2. The largest absolute Gasteiger partial charge is 0.494 e. The highest BCUT2D eigenvalue weighted by Crippen LogP contribution is 2.23. The Morgan fingerprint density at radius 2 is 2.04 bits per heavy atom. The van der Waals surface area contributed by atoms with Gasteiger partial charge in [0.2, 0.25) is 0 Å². The van der Waals surface area contributed by atoms with E-state index in [1.165, 1.54) is 5.56 Å². The number of hydrogen-bond acceptors (Lipinski definition) is 5. The van der Waals surface area contributed by atoms with Gasteiger partial charge in [0, 0.05) is 13.0 Å². The maximum atomic E-state index is 9.39. The van der Waals surface area contributed by atoms with Gasteiger partial charge in [-0.25, -0.2) is 4.68 Å². The van der Waals surface area contributed by atoms with Crippen molar-refractivity contribution in [3.63, 3.8) is 0 Å². The Kier molecular flexibility index (Phi) is 4.73. The van der Waals surface area contributed by atoms with Crippen molar-refractivity contribution < 1.29 is 14.3 Å². The molecule has 0 radical (unpaired) electrons. The van der Waals surface area contributed by atoms with Crippen molar-refractivity contribution in [2.45, 2.75) is 26.5 Å². The van der Waals surface area contributed by atoms with E-state index >= 15 is 0 Å². The van der Waals surface area contributed by atoms with E-state index in [1.54, 1.807) is 17.0 Å². The van der Waals surface area contributed by atoms with Crippen LogP contribution in [-0.4, -0.2) is 26.7 Å². The molecule has 1 N–H and O–H groups in total. The average Bonchev–Trinajstić information content (AvgIpc) is 3.22. The first-order valence-corrected chi connectivity index (χ1v) is 7.54. The molecule has 0 unspecified atom stereocenters. The number of hydrogen-bond donors (Lipinski definition) is 1. The molecule has 0 aliphatic rings. The predicted molar refractivity (Wildman–Crippen MR) is 84.9 cm³/mol. The molecule has 0 saturated heterocycles. The van der Waals surface area contributed by atoms with E-state index in [2.05, 4.69) is 10.3 Å². The molecule has 0 spiro atoms. The number of aromatic nitrogens is 3. The molecule has 0 aliphatic heterocycles. The highest BCUT2D eigenvalue weighted by atomic mass is 16.5. The number of benzene rings is 1. The molecule has 2 heterocycles. The number of aliphatic hydroxyl groups excluding tert-OH is 1. The summed E-state index contributed by atoms with van der Waals surface area (Å²) in [6.07, 6.45) is 2.37. The van der Waals surface area contributed by atoms with Crippen molar-refractivity contribution in [1.29, 1.82) is 0 Å². The molecule has 0 amide bonds. The minimum Gasteiger partial charge on any atom is -0.494 e. The lowest BCUT2D eigenvalue weighted by molar-refractivity contribution is 0.277. The molecule has 0 bridgehead atoms. The summed E-state index contributed by atoms with van der Waals surface area (Å²) in [5.41, 5.74) is 2.44. The van der Waals surface area contributed by atoms with Crippen LogP contribution < -0.4 is 4.74 Å². The second-order valence-electron chi connectivity index (χ2n) is 5.26. The summed E-state index contributed by atoms with van der Waals surface area (Å²) >= 11 is 0. The molecule has 1 aromatic carbocycles. The fourth-order valence-corrected chi connectivity index (χ4v) is 2.33. The average molecular weight is 313 g/mol. The van der Waals surface area contributed by atoms with Crippen LogP contribution in [0.2, 0.25) is 0 Å². The Morgan fingerprint density at radius 1 is 1.22 bits per heavy atom. The van der Waals surface area contributed by atoms with Crippen LogP contribution in [0.25, 0.3) is 11.5 Å². The summed E-state index contributed by atoms with van der Waals surface area (Å²) in [5.74, 6) is 1.51. The first-order chi connectivity index (χ1) is 11.3. The second-order valence-corrected chi connectivity index (χ2v) is 5.26. The lowest BCUT2D eigenvalue weighted by Crippen LogP contribution is -2.07. The maximum absolute atomic E-state index is 9.39. The summed E-state index contributed by atoms with van der Waals surface area (Å²) in [5, 5.41) is 17.5. The quantitative estimate of drug-likeness (QED) is 0.679. The Balaban J connectivity index is 1.60. The first kappa shape index (κ1) is 15.3. The Bertz CT molecular complexity index is 733. The van der Waals surface area contributed by atoms with Gasteiger partial charge in [-0.2, -0.15) is 0 Å². The van der Waals surface area contributed by atoms with Crippen molar-refractivity contribution in [3.8, 4) is 17.2 Å². The van der Waals surface area contributed by atoms with Crippen LogP contribution in [0.5, 0.6) is 5.75 Å². The van der Waals surface area contributed by atoms with E-state index in [-0.39, 0.29) is 6.61 Å². The molecule has 120 valence electrons. The minimum atomic E-state index is -0.171. The monoisotopic (exact) mass is 313 g/mol. The molecular formula is C17H19N3O3. The molecule has 2 aromatic heterocycles. The summed E-state index contributed by atoms with van der Waals surface area (Å²) in [6.45, 7) is 3.09. The van der Waals surface area contributed by atoms with Crippen LogP contribution in [0.15, 0.2) is 47.1 Å². The number of rotatable bonds is 7. The number of nitrogens with zero attached hydrogens (tertiary/aromatic N) is 3. The van der Waals surface area contributed by atoms with E-state index < -0.39 is 0 Å². The molecule has 0 saturated carbocycles. The number of ether oxygens (including phenoxy) is 1. The molecule has 0 atom stereocenters. The van der Waals surface area contributed by atoms with Gasteiger partial charge in [-0.05, 0) is 31.2 Å². The number of aliphatic hydroxyl groups is 1. The Labute approximate surface area is 134 Å². The zero-order chi connectivity index (χ0) is 16.1. The molecule has 0 aliphatic carbocycles. The molecular weight excluding hydrogens is 294 g/mol. The molecule has 0 fully saturated rings. The van der Waals surface area contributed by atoms with Gasteiger partial charge in [-0.3, -0.25) is 0 Å². The second kappa shape index (κ2) is 7.11. The van der Waals surface area contributed by atoms with Crippen LogP contribution in [0.3, 0.4) is 0 Å². The van der Waals surface area contributed by atoms with E-state index in [4.69, 9.17) is 9.15 Å². The van der Waals surface area contributed by atoms with Gasteiger partial charge in [0.05, 0.1) is 19.5 Å². The SMILES string of the molecule is Cc1ccc(OCCCn2nnc(CO)c2-c2ccco2)cc1. The topological polar surface area (TPSA) is 73.3 Å². The van der Waals surface area contributed by atoms with Crippen molar-refractivity contribution in [2.24, 2.45) is 0 Å². The van der Waals surface area contributed by atoms with Crippen molar-refractivity contribution >= 4 is 0 Å². The van der Waals surface area contributed by atoms with Gasteiger partial charge >= 0.3 is 0 Å². The summed E-state index contributed by atoms with van der Waals surface area (Å²) in [7, 11) is 0. The normalized spacial score (nSPS) is 10.9. The lowest BCUT2D eigenvalue weighted by atomic mass is 10.2. The van der Waals surface area contributed by atoms with Gasteiger partial charge in [0.25, 0.3) is 0 Å². The van der Waals surface area contributed by atoms with E-state index in [0.29, 0.717) is 30.3 Å². The summed E-state index contributed by atoms with van der Waals surface area (Å²) in [6, 6.07) is 11.6. The third-order valence-corrected chi connectivity index (χ3v) is 3.51. The number of furan rings is 1. The van der Waals surface area contributed by atoms with Crippen LogP contribution in [-0.2, 0) is 13.2 Å². The smallest absolute Gasteiger partial charge is 0.153 e. The maximum Gasteiger partial charge on any atom is 0.153 e. The zero-order valence-electron chi connectivity index (χ0n) is 13.0. The van der Waals surface area contributed by atoms with Crippen LogP contribution >= 0.6 is 0 Å². The van der Waals surface area contributed by atoms with Crippen molar-refractivity contribution in [3.05, 3.63) is 53.9 Å². The van der Waals surface area contributed by atoms with Crippen LogP contribution in [0, 0.1) is 6.92 Å². The standard InChI is InChI=1S/C17H19N3O3/c1-13-5-7-14(8-6-13)22-11-3-9-20-17(15(12-21)18-19-20)16-4-2-10-23-16/h2,4-8,10,21H,3,9,11-12H2,1H3. The van der Waals surface area contributed by atoms with E-state index in [0.717, 1.165) is 12.2 Å². The van der Waals surface area contributed by atoms with Crippen LogP contribution in [0.4, 0.5) is 0 Å². The molecule has 6 heteroatoms. The van der Waals surface area contributed by atoms with Gasteiger partial charge in [-0.15, -0.1) is 5.10 Å². The molecule has 3 aromatic rings.